The predicted molar refractivity (Wildman–Crippen MR) is 122 cm³/mol. The van der Waals surface area contributed by atoms with Gasteiger partial charge in [0.05, 0.1) is 12.2 Å². The molecule has 4 nitrogen and oxygen atoms in total. The van der Waals surface area contributed by atoms with Gasteiger partial charge in [-0.25, -0.2) is 4.79 Å². The van der Waals surface area contributed by atoms with E-state index in [1.807, 2.05) is 6.92 Å². The molecule has 0 spiro atoms. The third kappa shape index (κ3) is 3.83. The predicted octanol–water partition coefficient (Wildman–Crippen LogP) is 5.31. The first-order valence-electron chi connectivity index (χ1n) is 11.4. The first-order valence-corrected chi connectivity index (χ1v) is 12.6. The van der Waals surface area contributed by atoms with E-state index in [1.54, 1.807) is 11.3 Å². The van der Waals surface area contributed by atoms with Crippen molar-refractivity contribution in [3.05, 3.63) is 16.0 Å². The summed E-state index contributed by atoms with van der Waals surface area (Å²) in [6.45, 7) is 3.24. The van der Waals surface area contributed by atoms with E-state index in [0.29, 0.717) is 17.1 Å². The van der Waals surface area contributed by atoms with Gasteiger partial charge in [-0.05, 0) is 112 Å². The normalized spacial score (nSPS) is 32.0. The number of aryl methyl sites for hydroxylation is 1. The average molecular weight is 433 g/mol. The Hall–Kier alpha value is -1.14. The Labute approximate surface area is 183 Å². The number of thiophene rings is 1. The molecule has 0 radical (unpaired) electrons. The van der Waals surface area contributed by atoms with Crippen molar-refractivity contribution in [2.75, 3.05) is 18.5 Å². The van der Waals surface area contributed by atoms with Crippen LogP contribution in [0.4, 0.5) is 5.00 Å². The average Bonchev–Trinajstić information content (AvgIpc) is 3.03. The van der Waals surface area contributed by atoms with Crippen molar-refractivity contribution >= 4 is 39.6 Å². The van der Waals surface area contributed by atoms with Crippen molar-refractivity contribution in [2.24, 2.45) is 23.2 Å². The van der Waals surface area contributed by atoms with Crippen molar-refractivity contribution < 1.29 is 9.53 Å². The van der Waals surface area contributed by atoms with Crippen LogP contribution in [0, 0.1) is 23.2 Å². The van der Waals surface area contributed by atoms with Crippen molar-refractivity contribution in [3.63, 3.8) is 0 Å². The van der Waals surface area contributed by atoms with Gasteiger partial charge in [-0.15, -0.1) is 11.3 Å². The molecule has 0 aromatic carbocycles. The molecular weight excluding hydrogens is 400 g/mol. The second kappa shape index (κ2) is 7.84. The molecule has 0 aliphatic heterocycles. The Kier molecular flexibility index (Phi) is 5.35. The summed E-state index contributed by atoms with van der Waals surface area (Å²) in [5, 5.41) is 8.45. The highest BCUT2D eigenvalue weighted by atomic mass is 32.1. The van der Waals surface area contributed by atoms with Crippen LogP contribution in [-0.4, -0.2) is 24.2 Å². The van der Waals surface area contributed by atoms with E-state index in [-0.39, 0.29) is 5.97 Å². The van der Waals surface area contributed by atoms with Gasteiger partial charge in [0.1, 0.15) is 5.00 Å². The lowest BCUT2D eigenvalue weighted by Gasteiger charge is -2.57. The van der Waals surface area contributed by atoms with Crippen molar-refractivity contribution in [1.29, 1.82) is 0 Å². The number of nitrogens with one attached hydrogen (secondary N) is 2. The molecule has 6 heteroatoms. The van der Waals surface area contributed by atoms with Gasteiger partial charge in [0, 0.05) is 11.4 Å². The summed E-state index contributed by atoms with van der Waals surface area (Å²) < 4.78 is 5.36. The van der Waals surface area contributed by atoms with Crippen molar-refractivity contribution in [3.8, 4) is 0 Å². The molecule has 158 valence electrons. The Balaban J connectivity index is 1.27. The molecule has 6 rings (SSSR count). The highest BCUT2D eigenvalue weighted by Crippen LogP contribution is 2.59. The molecule has 29 heavy (non-hydrogen) atoms. The number of rotatable bonds is 5. The van der Waals surface area contributed by atoms with Gasteiger partial charge >= 0.3 is 5.97 Å². The maximum Gasteiger partial charge on any atom is 0.341 e. The summed E-state index contributed by atoms with van der Waals surface area (Å²) in [5.74, 6) is 2.63. The van der Waals surface area contributed by atoms with Gasteiger partial charge in [0.25, 0.3) is 0 Å². The maximum absolute atomic E-state index is 12.6. The van der Waals surface area contributed by atoms with Gasteiger partial charge in [0.2, 0.25) is 0 Å². The van der Waals surface area contributed by atoms with Crippen LogP contribution in [0.2, 0.25) is 0 Å². The lowest BCUT2D eigenvalue weighted by molar-refractivity contribution is -0.0490. The Bertz CT molecular complexity index is 781. The number of ether oxygens (including phenoxy) is 1. The first kappa shape index (κ1) is 19.8. The fourth-order valence-corrected chi connectivity index (χ4v) is 8.52. The van der Waals surface area contributed by atoms with Gasteiger partial charge in [0.15, 0.2) is 5.11 Å². The minimum Gasteiger partial charge on any atom is -0.462 e. The molecule has 4 bridgehead atoms. The maximum atomic E-state index is 12.6. The quantitative estimate of drug-likeness (QED) is 0.488. The summed E-state index contributed by atoms with van der Waals surface area (Å²) in [5.41, 5.74) is 2.36. The lowest BCUT2D eigenvalue weighted by atomic mass is 9.49. The summed E-state index contributed by atoms with van der Waals surface area (Å²) in [4.78, 5) is 14.0. The lowest BCUT2D eigenvalue weighted by Crippen LogP contribution is -2.51. The second-order valence-electron chi connectivity index (χ2n) is 9.86. The van der Waals surface area contributed by atoms with Gasteiger partial charge < -0.3 is 15.4 Å². The van der Waals surface area contributed by atoms with Gasteiger partial charge in [-0.2, -0.15) is 0 Å². The van der Waals surface area contributed by atoms with Gasteiger partial charge in [-0.3, -0.25) is 0 Å². The number of fused-ring (bicyclic) bond motifs is 1. The molecule has 4 fully saturated rings. The fraction of sp³-hybridized carbons (Fsp3) is 0.739. The van der Waals surface area contributed by atoms with Crippen molar-refractivity contribution in [2.45, 2.75) is 71.1 Å². The highest BCUT2D eigenvalue weighted by molar-refractivity contribution is 7.80. The fourth-order valence-electron chi connectivity index (χ4n) is 6.99. The summed E-state index contributed by atoms with van der Waals surface area (Å²) >= 11 is 7.36. The van der Waals surface area contributed by atoms with E-state index in [1.165, 1.54) is 55.4 Å². The zero-order valence-electron chi connectivity index (χ0n) is 17.4. The zero-order chi connectivity index (χ0) is 20.0. The van der Waals surface area contributed by atoms with Crippen LogP contribution in [0.3, 0.4) is 0 Å². The van der Waals surface area contributed by atoms with Crippen LogP contribution in [0.1, 0.15) is 79.1 Å². The molecule has 5 aliphatic rings. The molecule has 2 N–H and O–H groups in total. The number of hydrogen-bond acceptors (Lipinski definition) is 4. The van der Waals surface area contributed by atoms with Crippen LogP contribution in [-0.2, 0) is 17.6 Å². The van der Waals surface area contributed by atoms with E-state index in [0.717, 1.165) is 54.1 Å². The molecule has 1 aromatic rings. The molecule has 1 heterocycles. The minimum atomic E-state index is -0.210. The number of carbonyl (C=O) groups excluding carboxylic acids is 1. The number of thiocarbonyl (C=S) groups is 1. The minimum absolute atomic E-state index is 0.210. The van der Waals surface area contributed by atoms with Crippen LogP contribution < -0.4 is 10.6 Å². The van der Waals surface area contributed by atoms with Crippen LogP contribution in [0.15, 0.2) is 0 Å². The first-order chi connectivity index (χ1) is 14.0. The Morgan fingerprint density at radius 1 is 1.14 bits per heavy atom. The number of anilines is 1. The van der Waals surface area contributed by atoms with Crippen LogP contribution in [0.5, 0.6) is 0 Å². The molecule has 0 unspecified atom stereocenters. The zero-order valence-corrected chi connectivity index (χ0v) is 19.0. The topological polar surface area (TPSA) is 50.4 Å². The molecule has 0 amide bonds. The number of hydrogen-bond donors (Lipinski definition) is 2. The Morgan fingerprint density at radius 2 is 1.79 bits per heavy atom. The third-order valence-corrected chi connectivity index (χ3v) is 9.12. The van der Waals surface area contributed by atoms with Gasteiger partial charge in [-0.1, -0.05) is 0 Å². The van der Waals surface area contributed by atoms with E-state index >= 15 is 0 Å². The smallest absolute Gasteiger partial charge is 0.341 e. The Morgan fingerprint density at radius 3 is 2.45 bits per heavy atom. The summed E-state index contributed by atoms with van der Waals surface area (Å²) in [7, 11) is 0. The number of esters is 1. The number of carbonyl (C=O) groups is 1. The molecule has 0 saturated heterocycles. The SMILES string of the molecule is CCOC(=O)c1c(NC(=S)NCC23CC4CC(CC(C4)C2)C3)sc2c1CCCC2. The van der Waals surface area contributed by atoms with Crippen LogP contribution in [0.25, 0.3) is 0 Å². The van der Waals surface area contributed by atoms with E-state index in [9.17, 15) is 4.79 Å². The second-order valence-corrected chi connectivity index (χ2v) is 11.4. The highest BCUT2D eigenvalue weighted by Gasteiger charge is 2.50. The molecule has 0 atom stereocenters. The third-order valence-electron chi connectivity index (χ3n) is 7.67. The molecule has 5 aliphatic carbocycles. The van der Waals surface area contributed by atoms with Crippen molar-refractivity contribution in [1.82, 2.24) is 5.32 Å². The monoisotopic (exact) mass is 432 g/mol. The summed E-state index contributed by atoms with van der Waals surface area (Å²) in [6, 6.07) is 0. The van der Waals surface area contributed by atoms with Crippen LogP contribution >= 0.6 is 23.6 Å². The van der Waals surface area contributed by atoms with E-state index in [4.69, 9.17) is 17.0 Å². The standard InChI is InChI=1S/C23H32N2O2S2/c1-2-27-21(26)19-17-5-3-4-6-18(17)29-20(19)25-22(28)24-13-23-10-14-7-15(11-23)9-16(8-14)12-23/h14-16H,2-13H2,1H3,(H2,24,25,28). The summed E-state index contributed by atoms with van der Waals surface area (Å²) in [6.07, 6.45) is 12.9. The van der Waals surface area contributed by atoms with E-state index in [2.05, 4.69) is 10.6 Å². The molecule has 4 saturated carbocycles. The largest absolute Gasteiger partial charge is 0.462 e. The molecule has 1 aromatic heterocycles. The molecular formula is C23H32N2O2S2. The van der Waals surface area contributed by atoms with E-state index < -0.39 is 0 Å².